The number of aliphatic imine (C=N–C) groups is 1. The maximum Gasteiger partial charge on any atom is 0.334 e. The van der Waals surface area contributed by atoms with E-state index in [1.807, 2.05) is 48.5 Å². The zero-order valence-corrected chi connectivity index (χ0v) is 23.0. The molecule has 2 aromatic carbocycles. The minimum atomic E-state index is -1.10. The van der Waals surface area contributed by atoms with E-state index in [2.05, 4.69) is 17.4 Å². The molecule has 1 N–H and O–H groups in total. The van der Waals surface area contributed by atoms with Crippen LogP contribution in [0.15, 0.2) is 65.7 Å². The Balaban J connectivity index is 1.42. The third kappa shape index (κ3) is 6.40. The molecule has 1 saturated carbocycles. The van der Waals surface area contributed by atoms with Gasteiger partial charge < -0.3 is 24.3 Å². The van der Waals surface area contributed by atoms with Crippen LogP contribution in [0.5, 0.6) is 0 Å². The Hall–Kier alpha value is -3.07. The molecule has 2 fully saturated rings. The van der Waals surface area contributed by atoms with Gasteiger partial charge in [0, 0.05) is 24.7 Å². The Labute approximate surface area is 230 Å². The van der Waals surface area contributed by atoms with Crippen molar-refractivity contribution in [1.82, 2.24) is 5.32 Å². The molecule has 1 aliphatic carbocycles. The molecule has 1 spiro atoms. The van der Waals surface area contributed by atoms with E-state index in [9.17, 15) is 9.59 Å². The van der Waals surface area contributed by atoms with Crippen molar-refractivity contribution in [3.63, 3.8) is 0 Å². The van der Waals surface area contributed by atoms with Crippen molar-refractivity contribution >= 4 is 17.7 Å². The van der Waals surface area contributed by atoms with Crippen LogP contribution in [0.2, 0.25) is 0 Å². The van der Waals surface area contributed by atoms with Crippen LogP contribution in [-0.2, 0) is 40.6 Å². The minimum absolute atomic E-state index is 0.180. The van der Waals surface area contributed by atoms with Gasteiger partial charge in [0.1, 0.15) is 11.4 Å². The fraction of sp³-hybridized carbons (Fsp3) is 0.516. The Morgan fingerprint density at radius 3 is 2.21 bits per heavy atom. The average molecular weight is 535 g/mol. The van der Waals surface area contributed by atoms with Crippen LogP contribution in [0.1, 0.15) is 64.0 Å². The number of ether oxygens (including phenoxy) is 4. The topological polar surface area (TPSA) is 95.5 Å². The van der Waals surface area contributed by atoms with Crippen LogP contribution in [0.25, 0.3) is 0 Å². The summed E-state index contributed by atoms with van der Waals surface area (Å²) in [7, 11) is 0. The molecule has 2 unspecified atom stereocenters. The van der Waals surface area contributed by atoms with Gasteiger partial charge in [0.25, 0.3) is 5.91 Å². The molecule has 2 aliphatic heterocycles. The predicted molar refractivity (Wildman–Crippen MR) is 146 cm³/mol. The summed E-state index contributed by atoms with van der Waals surface area (Å²) in [5, 5.41) is 2.97. The van der Waals surface area contributed by atoms with Gasteiger partial charge in [-0.1, -0.05) is 60.7 Å². The quantitative estimate of drug-likeness (QED) is 0.527. The molecule has 39 heavy (non-hydrogen) atoms. The average Bonchev–Trinajstić information content (AvgIpc) is 3.38. The number of amides is 1. The Kier molecular flexibility index (Phi) is 7.89. The number of nitrogens with one attached hydrogen (secondary N) is 1. The van der Waals surface area contributed by atoms with Gasteiger partial charge in [0.15, 0.2) is 17.9 Å². The van der Waals surface area contributed by atoms with Crippen molar-refractivity contribution in [3.05, 3.63) is 71.8 Å². The third-order valence-corrected chi connectivity index (χ3v) is 7.70. The molecule has 2 aromatic rings. The summed E-state index contributed by atoms with van der Waals surface area (Å²) in [5.74, 6) is -1.00. The lowest BCUT2D eigenvalue weighted by molar-refractivity contribution is -0.185. The number of carbonyl (C=O) groups is 2. The SMILES string of the molecule is CC(C)(C)OC(=O)C1N=C(CC2(c3ccccc3)CCC3(CC2)OCCO3)NC(=O)C1OCc1ccccc1. The highest BCUT2D eigenvalue weighted by molar-refractivity contribution is 6.06. The van der Waals surface area contributed by atoms with E-state index >= 15 is 0 Å². The summed E-state index contributed by atoms with van der Waals surface area (Å²) in [6.45, 7) is 6.81. The third-order valence-electron chi connectivity index (χ3n) is 7.70. The monoisotopic (exact) mass is 534 g/mol. The summed E-state index contributed by atoms with van der Waals surface area (Å²) >= 11 is 0. The lowest BCUT2D eigenvalue weighted by Crippen LogP contribution is -2.55. The Morgan fingerprint density at radius 1 is 0.974 bits per heavy atom. The molecule has 8 heteroatoms. The Morgan fingerprint density at radius 2 is 1.59 bits per heavy atom. The van der Waals surface area contributed by atoms with Crippen molar-refractivity contribution in [2.45, 2.75) is 88.4 Å². The fourth-order valence-electron chi connectivity index (χ4n) is 5.75. The number of benzene rings is 2. The molecule has 2 heterocycles. The number of carbonyl (C=O) groups excluding carboxylic acids is 2. The molecular formula is C31H38N2O6. The van der Waals surface area contributed by atoms with Crippen molar-refractivity contribution in [3.8, 4) is 0 Å². The highest BCUT2D eigenvalue weighted by atomic mass is 16.7. The van der Waals surface area contributed by atoms with Crippen LogP contribution in [0.4, 0.5) is 0 Å². The van der Waals surface area contributed by atoms with Crippen molar-refractivity contribution in [2.24, 2.45) is 4.99 Å². The number of esters is 1. The molecule has 5 rings (SSSR count). The minimum Gasteiger partial charge on any atom is -0.458 e. The number of nitrogens with zero attached hydrogens (tertiary/aromatic N) is 1. The number of amidine groups is 1. The van der Waals surface area contributed by atoms with Gasteiger partial charge in [0.2, 0.25) is 0 Å². The lowest BCUT2D eigenvalue weighted by Gasteiger charge is -2.45. The van der Waals surface area contributed by atoms with Crippen molar-refractivity contribution in [2.75, 3.05) is 13.2 Å². The van der Waals surface area contributed by atoms with E-state index in [1.165, 1.54) is 5.56 Å². The summed E-state index contributed by atoms with van der Waals surface area (Å²) < 4.78 is 23.6. The Bertz CT molecular complexity index is 1170. The normalized spacial score (nSPS) is 24.2. The molecule has 0 radical (unpaired) electrons. The van der Waals surface area contributed by atoms with Gasteiger partial charge >= 0.3 is 5.97 Å². The molecule has 2 atom stereocenters. The fourth-order valence-corrected chi connectivity index (χ4v) is 5.75. The van der Waals surface area contributed by atoms with Crippen molar-refractivity contribution in [1.29, 1.82) is 0 Å². The maximum atomic E-state index is 13.4. The molecule has 1 amide bonds. The molecular weight excluding hydrogens is 496 g/mol. The molecule has 0 bridgehead atoms. The first-order valence-corrected chi connectivity index (χ1v) is 13.8. The van der Waals surface area contributed by atoms with Crippen LogP contribution in [0.3, 0.4) is 0 Å². The first-order chi connectivity index (χ1) is 18.7. The second-order valence-corrected chi connectivity index (χ2v) is 11.7. The summed E-state index contributed by atoms with van der Waals surface area (Å²) in [4.78, 5) is 31.5. The first kappa shape index (κ1) is 27.5. The van der Waals surface area contributed by atoms with E-state index in [-0.39, 0.29) is 17.9 Å². The van der Waals surface area contributed by atoms with Gasteiger partial charge in [-0.3, -0.25) is 9.79 Å². The van der Waals surface area contributed by atoms with Crippen LogP contribution in [-0.4, -0.2) is 54.5 Å². The van der Waals surface area contributed by atoms with Crippen LogP contribution < -0.4 is 5.32 Å². The van der Waals surface area contributed by atoms with Gasteiger partial charge in [-0.25, -0.2) is 4.79 Å². The largest absolute Gasteiger partial charge is 0.458 e. The van der Waals surface area contributed by atoms with E-state index in [4.69, 9.17) is 23.9 Å². The van der Waals surface area contributed by atoms with Gasteiger partial charge in [-0.15, -0.1) is 0 Å². The highest BCUT2D eigenvalue weighted by Crippen LogP contribution is 2.48. The van der Waals surface area contributed by atoms with Crippen LogP contribution in [0, 0.1) is 0 Å². The predicted octanol–water partition coefficient (Wildman–Crippen LogP) is 4.46. The smallest absolute Gasteiger partial charge is 0.334 e. The zero-order chi connectivity index (χ0) is 27.5. The molecule has 8 nitrogen and oxygen atoms in total. The standard InChI is InChI=1S/C31H38N2O6/c1-29(2,3)39-28(35)25-26(36-21-22-10-6-4-7-11-22)27(34)33-24(32-25)20-30(23-12-8-5-9-13-23)14-16-31(17-15-30)37-18-19-38-31/h4-13,25-26H,14-21H2,1-3H3,(H,32,33,34). The van der Waals surface area contributed by atoms with E-state index < -0.39 is 29.5 Å². The van der Waals surface area contributed by atoms with E-state index in [0.29, 0.717) is 25.5 Å². The van der Waals surface area contributed by atoms with Crippen LogP contribution >= 0.6 is 0 Å². The molecule has 0 aromatic heterocycles. The second kappa shape index (κ2) is 11.2. The molecule has 3 aliphatic rings. The van der Waals surface area contributed by atoms with E-state index in [1.54, 1.807) is 20.8 Å². The maximum absolute atomic E-state index is 13.4. The number of rotatable bonds is 7. The number of hydrogen-bond acceptors (Lipinski definition) is 7. The highest BCUT2D eigenvalue weighted by Gasteiger charge is 2.49. The summed E-state index contributed by atoms with van der Waals surface area (Å²) in [5.41, 5.74) is 1.06. The van der Waals surface area contributed by atoms with Gasteiger partial charge in [0.05, 0.1) is 19.8 Å². The first-order valence-electron chi connectivity index (χ1n) is 13.8. The molecule has 208 valence electrons. The molecule has 1 saturated heterocycles. The summed E-state index contributed by atoms with van der Waals surface area (Å²) in [6, 6.07) is 18.7. The van der Waals surface area contributed by atoms with Gasteiger partial charge in [-0.05, 0) is 44.7 Å². The number of hydrogen-bond donors (Lipinski definition) is 1. The summed E-state index contributed by atoms with van der Waals surface area (Å²) in [6.07, 6.45) is 2.49. The van der Waals surface area contributed by atoms with Crippen molar-refractivity contribution < 1.29 is 28.5 Å². The lowest BCUT2D eigenvalue weighted by atomic mass is 9.65. The van der Waals surface area contributed by atoms with E-state index in [0.717, 1.165) is 31.2 Å². The zero-order valence-electron chi connectivity index (χ0n) is 23.0. The second-order valence-electron chi connectivity index (χ2n) is 11.7. The van der Waals surface area contributed by atoms with Gasteiger partial charge in [-0.2, -0.15) is 0 Å².